The molecule has 1 aliphatic heterocycles. The fourth-order valence-corrected chi connectivity index (χ4v) is 2.67. The Balaban J connectivity index is 1.86. The van der Waals surface area contributed by atoms with Crippen LogP contribution >= 0.6 is 15.9 Å². The van der Waals surface area contributed by atoms with Gasteiger partial charge in [0.2, 0.25) is 0 Å². The van der Waals surface area contributed by atoms with Crippen LogP contribution in [-0.4, -0.2) is 42.1 Å². The van der Waals surface area contributed by atoms with Crippen LogP contribution in [0.2, 0.25) is 0 Å². The highest BCUT2D eigenvalue weighted by Gasteiger charge is 2.31. The summed E-state index contributed by atoms with van der Waals surface area (Å²) in [6, 6.07) is 1.58. The Kier molecular flexibility index (Phi) is 3.64. The lowest BCUT2D eigenvalue weighted by Crippen LogP contribution is -2.47. The van der Waals surface area contributed by atoms with Gasteiger partial charge in [0, 0.05) is 30.6 Å². The minimum Gasteiger partial charge on any atom is -0.380 e. The van der Waals surface area contributed by atoms with Gasteiger partial charge >= 0.3 is 0 Å². The van der Waals surface area contributed by atoms with E-state index in [0.29, 0.717) is 6.04 Å². The number of ether oxygens (including phenoxy) is 1. The maximum absolute atomic E-state index is 5.45. The molecule has 0 spiro atoms. The van der Waals surface area contributed by atoms with Crippen molar-refractivity contribution in [3.63, 3.8) is 0 Å². The first-order valence-electron chi connectivity index (χ1n) is 5.31. The first-order chi connectivity index (χ1) is 6.42. The lowest BCUT2D eigenvalue weighted by Gasteiger charge is -2.40. The molecule has 2 fully saturated rings. The third-order valence-electron chi connectivity index (χ3n) is 3.26. The zero-order valence-electron chi connectivity index (χ0n) is 8.04. The SMILES string of the molecule is BrCCN(C1CCC1)C1CCOC1. The Labute approximate surface area is 88.8 Å². The molecule has 3 heteroatoms. The molecule has 1 heterocycles. The molecule has 76 valence electrons. The second-order valence-corrected chi connectivity index (χ2v) is 4.82. The molecule has 1 atom stereocenters. The highest BCUT2D eigenvalue weighted by molar-refractivity contribution is 9.09. The second kappa shape index (κ2) is 4.76. The second-order valence-electron chi connectivity index (χ2n) is 4.03. The van der Waals surface area contributed by atoms with E-state index in [-0.39, 0.29) is 0 Å². The normalized spacial score (nSPS) is 29.5. The number of alkyl halides is 1. The number of rotatable bonds is 4. The number of nitrogens with zero attached hydrogens (tertiary/aromatic N) is 1. The van der Waals surface area contributed by atoms with Crippen molar-refractivity contribution in [2.45, 2.75) is 37.8 Å². The summed E-state index contributed by atoms with van der Waals surface area (Å²) in [6.45, 7) is 3.12. The predicted octanol–water partition coefficient (Wildman–Crippen LogP) is 2.02. The lowest BCUT2D eigenvalue weighted by molar-refractivity contribution is 0.0748. The van der Waals surface area contributed by atoms with Crippen LogP contribution in [0.15, 0.2) is 0 Å². The minimum absolute atomic E-state index is 0.711. The smallest absolute Gasteiger partial charge is 0.0622 e. The molecule has 2 nitrogen and oxygen atoms in total. The number of halogens is 1. The zero-order chi connectivity index (χ0) is 9.10. The van der Waals surface area contributed by atoms with Crippen LogP contribution in [-0.2, 0) is 4.74 Å². The molecule has 1 unspecified atom stereocenters. The van der Waals surface area contributed by atoms with Crippen LogP contribution in [0, 0.1) is 0 Å². The average molecular weight is 248 g/mol. The molecule has 0 amide bonds. The van der Waals surface area contributed by atoms with Crippen LogP contribution < -0.4 is 0 Å². The van der Waals surface area contributed by atoms with E-state index in [4.69, 9.17) is 4.74 Å². The molecule has 0 aromatic carbocycles. The Morgan fingerprint density at radius 1 is 1.23 bits per heavy atom. The summed E-state index contributed by atoms with van der Waals surface area (Å²) < 4.78 is 5.45. The van der Waals surface area contributed by atoms with Crippen LogP contribution in [0.25, 0.3) is 0 Å². The summed E-state index contributed by atoms with van der Waals surface area (Å²) in [4.78, 5) is 2.66. The summed E-state index contributed by atoms with van der Waals surface area (Å²) in [5, 5.41) is 1.10. The molecule has 0 radical (unpaired) electrons. The minimum atomic E-state index is 0.711. The van der Waals surface area contributed by atoms with Gasteiger partial charge in [-0.2, -0.15) is 0 Å². The van der Waals surface area contributed by atoms with Gasteiger partial charge in [0.15, 0.2) is 0 Å². The van der Waals surface area contributed by atoms with Crippen molar-refractivity contribution in [2.75, 3.05) is 25.1 Å². The van der Waals surface area contributed by atoms with Gasteiger partial charge in [-0.05, 0) is 19.3 Å². The van der Waals surface area contributed by atoms with Crippen molar-refractivity contribution in [2.24, 2.45) is 0 Å². The van der Waals surface area contributed by atoms with Crippen molar-refractivity contribution in [1.82, 2.24) is 4.90 Å². The van der Waals surface area contributed by atoms with E-state index in [1.807, 2.05) is 0 Å². The Bertz CT molecular complexity index is 155. The predicted molar refractivity (Wildman–Crippen MR) is 57.4 cm³/mol. The fourth-order valence-electron chi connectivity index (χ4n) is 2.26. The van der Waals surface area contributed by atoms with Gasteiger partial charge in [0.1, 0.15) is 0 Å². The van der Waals surface area contributed by atoms with Crippen molar-refractivity contribution in [3.8, 4) is 0 Å². The molecule has 0 N–H and O–H groups in total. The van der Waals surface area contributed by atoms with E-state index in [0.717, 1.165) is 24.6 Å². The molecule has 1 saturated carbocycles. The fraction of sp³-hybridized carbons (Fsp3) is 1.00. The van der Waals surface area contributed by atoms with E-state index in [1.54, 1.807) is 0 Å². The maximum atomic E-state index is 5.45. The van der Waals surface area contributed by atoms with Gasteiger partial charge < -0.3 is 4.74 Å². The van der Waals surface area contributed by atoms with Gasteiger partial charge in [0.25, 0.3) is 0 Å². The lowest BCUT2D eigenvalue weighted by atomic mass is 9.90. The summed E-state index contributed by atoms with van der Waals surface area (Å²) in [6.07, 6.45) is 5.48. The summed E-state index contributed by atoms with van der Waals surface area (Å²) in [5.41, 5.74) is 0. The zero-order valence-corrected chi connectivity index (χ0v) is 9.63. The van der Waals surface area contributed by atoms with Crippen molar-refractivity contribution in [1.29, 1.82) is 0 Å². The largest absolute Gasteiger partial charge is 0.380 e. The molecule has 2 rings (SSSR count). The van der Waals surface area contributed by atoms with Gasteiger partial charge in [-0.15, -0.1) is 0 Å². The summed E-state index contributed by atoms with van der Waals surface area (Å²) in [7, 11) is 0. The number of hydrogen-bond donors (Lipinski definition) is 0. The van der Waals surface area contributed by atoms with Crippen LogP contribution in [0.5, 0.6) is 0 Å². The van der Waals surface area contributed by atoms with Crippen LogP contribution in [0.4, 0.5) is 0 Å². The molecule has 1 saturated heterocycles. The molecule has 0 bridgehead atoms. The van der Waals surface area contributed by atoms with Gasteiger partial charge in [0.05, 0.1) is 6.61 Å². The Morgan fingerprint density at radius 2 is 2.08 bits per heavy atom. The highest BCUT2D eigenvalue weighted by Crippen LogP contribution is 2.28. The summed E-state index contributed by atoms with van der Waals surface area (Å²) >= 11 is 3.54. The molecule has 1 aliphatic carbocycles. The van der Waals surface area contributed by atoms with Crippen LogP contribution in [0.3, 0.4) is 0 Å². The molecular formula is C10H18BrNO. The molecule has 0 aromatic heterocycles. The molecule has 0 aromatic rings. The first kappa shape index (κ1) is 9.94. The van der Waals surface area contributed by atoms with Gasteiger partial charge in [-0.25, -0.2) is 0 Å². The van der Waals surface area contributed by atoms with Gasteiger partial charge in [-0.1, -0.05) is 22.4 Å². The third kappa shape index (κ3) is 2.25. The molecular weight excluding hydrogens is 230 g/mol. The third-order valence-corrected chi connectivity index (χ3v) is 3.62. The quantitative estimate of drug-likeness (QED) is 0.706. The van der Waals surface area contributed by atoms with Crippen LogP contribution in [0.1, 0.15) is 25.7 Å². The monoisotopic (exact) mass is 247 g/mol. The van der Waals surface area contributed by atoms with E-state index < -0.39 is 0 Å². The van der Waals surface area contributed by atoms with Crippen molar-refractivity contribution < 1.29 is 4.74 Å². The van der Waals surface area contributed by atoms with E-state index >= 15 is 0 Å². The Hall–Kier alpha value is 0.400. The number of hydrogen-bond acceptors (Lipinski definition) is 2. The maximum Gasteiger partial charge on any atom is 0.0622 e. The highest BCUT2D eigenvalue weighted by atomic mass is 79.9. The van der Waals surface area contributed by atoms with E-state index in [2.05, 4.69) is 20.8 Å². The summed E-state index contributed by atoms with van der Waals surface area (Å²) in [5.74, 6) is 0. The standard InChI is InChI=1S/C10H18BrNO/c11-5-6-12(9-2-1-3-9)10-4-7-13-8-10/h9-10H,1-8H2. The Morgan fingerprint density at radius 3 is 2.54 bits per heavy atom. The topological polar surface area (TPSA) is 12.5 Å². The van der Waals surface area contributed by atoms with E-state index in [9.17, 15) is 0 Å². The van der Waals surface area contributed by atoms with Gasteiger partial charge in [-0.3, -0.25) is 4.90 Å². The molecule has 2 aliphatic rings. The van der Waals surface area contributed by atoms with Crippen molar-refractivity contribution in [3.05, 3.63) is 0 Å². The van der Waals surface area contributed by atoms with E-state index in [1.165, 1.54) is 32.2 Å². The van der Waals surface area contributed by atoms with Crippen molar-refractivity contribution >= 4 is 15.9 Å². The molecule has 13 heavy (non-hydrogen) atoms. The average Bonchev–Trinajstić information content (AvgIpc) is 2.51. The first-order valence-corrected chi connectivity index (χ1v) is 6.43.